The number of benzene rings is 1. The Hall–Kier alpha value is -1.81. The van der Waals surface area contributed by atoms with Crippen LogP contribution in [-0.4, -0.2) is 17.6 Å². The first-order chi connectivity index (χ1) is 9.85. The van der Waals surface area contributed by atoms with Gasteiger partial charge < -0.3 is 14.6 Å². The lowest BCUT2D eigenvalue weighted by atomic mass is 10.2. The molecule has 106 valence electrons. The second kappa shape index (κ2) is 6.09. The van der Waals surface area contributed by atoms with Crippen LogP contribution in [0.5, 0.6) is 0 Å². The molecule has 0 spiro atoms. The van der Waals surface area contributed by atoms with Gasteiger partial charge in [-0.2, -0.15) is 4.98 Å². The quantitative estimate of drug-likeness (QED) is 0.840. The summed E-state index contributed by atoms with van der Waals surface area (Å²) in [4.78, 5) is 6.72. The number of anilines is 1. The molecule has 4 heteroatoms. The average Bonchev–Trinajstić information content (AvgIpc) is 3.21. The van der Waals surface area contributed by atoms with E-state index in [4.69, 9.17) is 4.42 Å². The zero-order valence-corrected chi connectivity index (χ0v) is 11.9. The van der Waals surface area contributed by atoms with E-state index in [9.17, 15) is 0 Å². The molecule has 2 aromatic rings. The molecule has 1 aliphatic rings. The van der Waals surface area contributed by atoms with Crippen molar-refractivity contribution in [3.8, 4) is 0 Å². The Bertz CT molecular complexity index is 534. The predicted molar refractivity (Wildman–Crippen MR) is 79.5 cm³/mol. The van der Waals surface area contributed by atoms with Crippen LogP contribution in [0.2, 0.25) is 0 Å². The molecule has 4 nitrogen and oxygen atoms in total. The summed E-state index contributed by atoms with van der Waals surface area (Å²) < 4.78 is 5.62. The molecular weight excluding hydrogens is 250 g/mol. The van der Waals surface area contributed by atoms with Gasteiger partial charge >= 0.3 is 0 Å². The van der Waals surface area contributed by atoms with Gasteiger partial charge in [0.15, 0.2) is 0 Å². The van der Waals surface area contributed by atoms with Gasteiger partial charge in [0.25, 0.3) is 6.01 Å². The van der Waals surface area contributed by atoms with Crippen LogP contribution >= 0.6 is 0 Å². The minimum atomic E-state index is 0.696. The Balaban J connectivity index is 1.62. The lowest BCUT2D eigenvalue weighted by molar-refractivity contribution is 0.533. The van der Waals surface area contributed by atoms with Crippen molar-refractivity contribution in [2.24, 2.45) is 0 Å². The second-order valence-corrected chi connectivity index (χ2v) is 5.28. The monoisotopic (exact) mass is 271 g/mol. The van der Waals surface area contributed by atoms with Crippen LogP contribution in [0.3, 0.4) is 0 Å². The van der Waals surface area contributed by atoms with Gasteiger partial charge in [0.1, 0.15) is 6.26 Å². The van der Waals surface area contributed by atoms with Crippen LogP contribution in [0, 0.1) is 0 Å². The molecule has 1 aromatic heterocycles. The maximum atomic E-state index is 5.62. The average molecular weight is 271 g/mol. The van der Waals surface area contributed by atoms with E-state index < -0.39 is 0 Å². The third-order valence-electron chi connectivity index (χ3n) is 3.56. The molecule has 1 heterocycles. The van der Waals surface area contributed by atoms with Crippen molar-refractivity contribution in [1.82, 2.24) is 10.3 Å². The molecule has 1 fully saturated rings. The summed E-state index contributed by atoms with van der Waals surface area (Å²) in [5.41, 5.74) is 2.25. The molecule has 0 saturated heterocycles. The Morgan fingerprint density at radius 2 is 2.10 bits per heavy atom. The van der Waals surface area contributed by atoms with E-state index in [-0.39, 0.29) is 0 Å². The lowest BCUT2D eigenvalue weighted by Gasteiger charge is -2.18. The zero-order chi connectivity index (χ0) is 13.8. The van der Waals surface area contributed by atoms with Crippen molar-refractivity contribution in [3.05, 3.63) is 47.9 Å². The number of oxazole rings is 1. The highest BCUT2D eigenvalue weighted by Gasteiger charge is 2.21. The third-order valence-corrected chi connectivity index (χ3v) is 3.56. The molecule has 1 aliphatic carbocycles. The summed E-state index contributed by atoms with van der Waals surface area (Å²) in [6, 6.07) is 11.8. The van der Waals surface area contributed by atoms with E-state index in [2.05, 4.69) is 46.4 Å². The third kappa shape index (κ3) is 3.39. The van der Waals surface area contributed by atoms with Crippen LogP contribution in [0.4, 0.5) is 6.01 Å². The topological polar surface area (TPSA) is 41.3 Å². The number of hydrogen-bond donors (Lipinski definition) is 1. The molecule has 20 heavy (non-hydrogen) atoms. The first-order valence-electron chi connectivity index (χ1n) is 7.32. The number of nitrogens with zero attached hydrogens (tertiary/aromatic N) is 2. The zero-order valence-electron chi connectivity index (χ0n) is 11.9. The van der Waals surface area contributed by atoms with E-state index in [1.54, 1.807) is 6.26 Å². The highest BCUT2D eigenvalue weighted by atomic mass is 16.4. The normalized spacial score (nSPS) is 14.4. The molecule has 0 aliphatic heterocycles. The van der Waals surface area contributed by atoms with Crippen molar-refractivity contribution in [2.45, 2.75) is 38.9 Å². The molecule has 1 aromatic carbocycles. The van der Waals surface area contributed by atoms with Gasteiger partial charge in [0.2, 0.25) is 0 Å². The summed E-state index contributed by atoms with van der Waals surface area (Å²) in [6.45, 7) is 4.63. The maximum Gasteiger partial charge on any atom is 0.297 e. The predicted octanol–water partition coefficient (Wildman–Crippen LogP) is 2.95. The van der Waals surface area contributed by atoms with Gasteiger partial charge in [0.05, 0.1) is 5.69 Å². The van der Waals surface area contributed by atoms with Gasteiger partial charge in [-0.25, -0.2) is 0 Å². The van der Waals surface area contributed by atoms with E-state index in [1.165, 1.54) is 18.4 Å². The molecule has 3 rings (SSSR count). The molecule has 1 N–H and O–H groups in total. The Labute approximate surface area is 119 Å². The molecular formula is C16H21N3O. The number of rotatable bonds is 7. The summed E-state index contributed by atoms with van der Waals surface area (Å²) in [5, 5.41) is 3.45. The molecule has 0 radical (unpaired) electrons. The Morgan fingerprint density at radius 3 is 2.80 bits per heavy atom. The van der Waals surface area contributed by atoms with Crippen LogP contribution in [-0.2, 0) is 13.1 Å². The molecule has 1 saturated carbocycles. The fraction of sp³-hybridized carbons (Fsp3) is 0.438. The molecule has 0 atom stereocenters. The van der Waals surface area contributed by atoms with Gasteiger partial charge in [-0.1, -0.05) is 30.3 Å². The summed E-state index contributed by atoms with van der Waals surface area (Å²) in [6.07, 6.45) is 4.35. The Kier molecular flexibility index (Phi) is 4.02. The number of hydrogen-bond acceptors (Lipinski definition) is 4. The fourth-order valence-electron chi connectivity index (χ4n) is 2.18. The fourth-order valence-corrected chi connectivity index (χ4v) is 2.18. The molecule has 0 unspecified atom stereocenters. The minimum Gasteiger partial charge on any atom is -0.432 e. The number of aromatic nitrogens is 1. The van der Waals surface area contributed by atoms with Crippen LogP contribution in [0.15, 0.2) is 41.0 Å². The van der Waals surface area contributed by atoms with Crippen molar-refractivity contribution in [3.63, 3.8) is 0 Å². The largest absolute Gasteiger partial charge is 0.432 e. The van der Waals surface area contributed by atoms with Crippen molar-refractivity contribution in [2.75, 3.05) is 11.4 Å². The van der Waals surface area contributed by atoms with Gasteiger partial charge in [0, 0.05) is 25.7 Å². The van der Waals surface area contributed by atoms with E-state index in [0.717, 1.165) is 25.3 Å². The standard InChI is InChI=1S/C16H21N3O/c1-2-19(11-13-6-4-3-5-7-13)16-18-15(12-20-16)10-17-14-8-9-14/h3-7,12,14,17H,2,8-11H2,1H3. The lowest BCUT2D eigenvalue weighted by Crippen LogP contribution is -2.22. The van der Waals surface area contributed by atoms with E-state index in [1.807, 2.05) is 6.07 Å². The summed E-state index contributed by atoms with van der Waals surface area (Å²) in [7, 11) is 0. The number of nitrogens with one attached hydrogen (secondary N) is 1. The Morgan fingerprint density at radius 1 is 1.30 bits per heavy atom. The molecule has 0 amide bonds. The summed E-state index contributed by atoms with van der Waals surface area (Å²) in [5.74, 6) is 0. The maximum absolute atomic E-state index is 5.62. The minimum absolute atomic E-state index is 0.696. The van der Waals surface area contributed by atoms with Crippen molar-refractivity contribution in [1.29, 1.82) is 0 Å². The first-order valence-corrected chi connectivity index (χ1v) is 7.32. The smallest absolute Gasteiger partial charge is 0.297 e. The summed E-state index contributed by atoms with van der Waals surface area (Å²) >= 11 is 0. The van der Waals surface area contributed by atoms with Gasteiger partial charge in [-0.3, -0.25) is 0 Å². The van der Waals surface area contributed by atoms with E-state index >= 15 is 0 Å². The molecule has 0 bridgehead atoms. The van der Waals surface area contributed by atoms with Crippen molar-refractivity contribution >= 4 is 6.01 Å². The second-order valence-electron chi connectivity index (χ2n) is 5.28. The SMILES string of the molecule is CCN(Cc1ccccc1)c1nc(CNC2CC2)co1. The van der Waals surface area contributed by atoms with Gasteiger partial charge in [-0.15, -0.1) is 0 Å². The van der Waals surface area contributed by atoms with Crippen LogP contribution in [0.25, 0.3) is 0 Å². The van der Waals surface area contributed by atoms with Crippen molar-refractivity contribution < 1.29 is 4.42 Å². The van der Waals surface area contributed by atoms with Crippen LogP contribution < -0.4 is 10.2 Å². The van der Waals surface area contributed by atoms with E-state index in [0.29, 0.717) is 12.1 Å². The highest BCUT2D eigenvalue weighted by molar-refractivity contribution is 5.30. The van der Waals surface area contributed by atoms with Crippen LogP contribution in [0.1, 0.15) is 31.0 Å². The highest BCUT2D eigenvalue weighted by Crippen LogP contribution is 2.20. The van der Waals surface area contributed by atoms with Gasteiger partial charge in [-0.05, 0) is 25.3 Å². The first kappa shape index (κ1) is 13.2.